The van der Waals surface area contributed by atoms with Gasteiger partial charge in [-0.15, -0.1) is 11.8 Å². The van der Waals surface area contributed by atoms with Crippen LogP contribution >= 0.6 is 27.7 Å². The van der Waals surface area contributed by atoms with Crippen molar-refractivity contribution in [2.24, 2.45) is 0 Å². The fraction of sp³-hybridized carbons (Fsp3) is 0.222. The van der Waals surface area contributed by atoms with Crippen molar-refractivity contribution in [3.05, 3.63) is 58.6 Å². The quantitative estimate of drug-likeness (QED) is 0.738. The van der Waals surface area contributed by atoms with Crippen molar-refractivity contribution in [1.29, 1.82) is 0 Å². The van der Waals surface area contributed by atoms with Gasteiger partial charge in [0.1, 0.15) is 0 Å². The van der Waals surface area contributed by atoms with Crippen LogP contribution in [0.25, 0.3) is 0 Å². The van der Waals surface area contributed by atoms with Gasteiger partial charge in [0.2, 0.25) is 11.8 Å². The van der Waals surface area contributed by atoms with Crippen molar-refractivity contribution < 1.29 is 9.59 Å². The van der Waals surface area contributed by atoms with Crippen LogP contribution < -0.4 is 5.32 Å². The molecule has 0 spiro atoms. The molecule has 0 unspecified atom stereocenters. The molecule has 0 aromatic heterocycles. The van der Waals surface area contributed by atoms with Crippen molar-refractivity contribution in [3.8, 4) is 0 Å². The van der Waals surface area contributed by atoms with Crippen LogP contribution in [0.1, 0.15) is 5.56 Å². The van der Waals surface area contributed by atoms with E-state index in [0.29, 0.717) is 0 Å². The summed E-state index contributed by atoms with van der Waals surface area (Å²) < 4.78 is 0.961. The maximum atomic E-state index is 12.2. The first-order valence-corrected chi connectivity index (χ1v) is 9.21. The van der Waals surface area contributed by atoms with Crippen LogP contribution in [0.15, 0.2) is 57.9 Å². The molecule has 6 heteroatoms. The summed E-state index contributed by atoms with van der Waals surface area (Å²) in [5, 5.41) is 2.79. The minimum absolute atomic E-state index is 0.0310. The number of anilines is 1. The summed E-state index contributed by atoms with van der Waals surface area (Å²) in [5.74, 6) is -0.00731. The van der Waals surface area contributed by atoms with E-state index in [9.17, 15) is 9.59 Å². The molecule has 0 heterocycles. The Hall–Kier alpha value is -1.79. The Morgan fingerprint density at radius 2 is 1.79 bits per heavy atom. The lowest BCUT2D eigenvalue weighted by Crippen LogP contribution is -2.35. The summed E-state index contributed by atoms with van der Waals surface area (Å²) in [6.45, 7) is 2.02. The SMILES string of the molecule is Cc1ccc(NC(=O)CN(C)C(=O)CSc2ccccc2Br)cc1. The molecule has 4 nitrogen and oxygen atoms in total. The van der Waals surface area contributed by atoms with Crippen LogP contribution in [0.5, 0.6) is 0 Å². The van der Waals surface area contributed by atoms with E-state index in [1.807, 2.05) is 55.5 Å². The van der Waals surface area contributed by atoms with Gasteiger partial charge in [0.15, 0.2) is 0 Å². The molecule has 2 aromatic carbocycles. The van der Waals surface area contributed by atoms with E-state index in [0.717, 1.165) is 20.6 Å². The van der Waals surface area contributed by atoms with E-state index in [1.54, 1.807) is 7.05 Å². The molecule has 0 aliphatic heterocycles. The lowest BCUT2D eigenvalue weighted by molar-refractivity contribution is -0.131. The van der Waals surface area contributed by atoms with Crippen LogP contribution in [0.3, 0.4) is 0 Å². The van der Waals surface area contributed by atoms with Crippen molar-refractivity contribution in [3.63, 3.8) is 0 Å². The minimum atomic E-state index is -0.208. The van der Waals surface area contributed by atoms with Gasteiger partial charge in [0, 0.05) is 22.1 Å². The van der Waals surface area contributed by atoms with E-state index in [4.69, 9.17) is 0 Å². The number of benzene rings is 2. The Kier molecular flexibility index (Phi) is 6.87. The third kappa shape index (κ3) is 5.69. The van der Waals surface area contributed by atoms with E-state index in [2.05, 4.69) is 21.2 Å². The van der Waals surface area contributed by atoms with Crippen molar-refractivity contribution >= 4 is 45.2 Å². The molecule has 0 bridgehead atoms. The largest absolute Gasteiger partial charge is 0.336 e. The van der Waals surface area contributed by atoms with Gasteiger partial charge in [-0.1, -0.05) is 29.8 Å². The van der Waals surface area contributed by atoms with Gasteiger partial charge in [-0.05, 0) is 47.1 Å². The van der Waals surface area contributed by atoms with Gasteiger partial charge >= 0.3 is 0 Å². The number of halogens is 1. The fourth-order valence-electron chi connectivity index (χ4n) is 1.95. The van der Waals surface area contributed by atoms with Gasteiger partial charge in [-0.2, -0.15) is 0 Å². The molecule has 0 saturated carbocycles. The molecule has 126 valence electrons. The number of likely N-dealkylation sites (N-methyl/N-ethyl adjacent to an activating group) is 1. The topological polar surface area (TPSA) is 49.4 Å². The Balaban J connectivity index is 1.81. The molecular formula is C18H19BrN2O2S. The maximum absolute atomic E-state index is 12.2. The normalized spacial score (nSPS) is 10.3. The average molecular weight is 407 g/mol. The van der Waals surface area contributed by atoms with E-state index in [1.165, 1.54) is 16.7 Å². The maximum Gasteiger partial charge on any atom is 0.243 e. The number of nitrogens with zero attached hydrogens (tertiary/aromatic N) is 1. The zero-order valence-corrected chi connectivity index (χ0v) is 16.0. The molecular weight excluding hydrogens is 388 g/mol. The number of carbonyl (C=O) groups is 2. The molecule has 0 aliphatic rings. The Labute approximate surface area is 154 Å². The summed E-state index contributed by atoms with van der Waals surface area (Å²) >= 11 is 4.90. The molecule has 2 rings (SSSR count). The number of hydrogen-bond acceptors (Lipinski definition) is 3. The number of amides is 2. The summed E-state index contributed by atoms with van der Waals surface area (Å²) in [4.78, 5) is 26.6. The predicted octanol–water partition coefficient (Wildman–Crippen LogP) is 3.95. The predicted molar refractivity (Wildman–Crippen MR) is 102 cm³/mol. The molecule has 2 aromatic rings. The number of hydrogen-bond donors (Lipinski definition) is 1. The van der Waals surface area contributed by atoms with Crippen LogP contribution in [0.4, 0.5) is 5.69 Å². The first-order valence-electron chi connectivity index (χ1n) is 7.43. The second-order valence-electron chi connectivity index (χ2n) is 5.38. The second kappa shape index (κ2) is 8.89. The Morgan fingerprint density at radius 3 is 2.46 bits per heavy atom. The molecule has 0 aliphatic carbocycles. The molecule has 24 heavy (non-hydrogen) atoms. The first kappa shape index (κ1) is 18.5. The van der Waals surface area contributed by atoms with E-state index in [-0.39, 0.29) is 24.1 Å². The number of carbonyl (C=O) groups excluding carboxylic acids is 2. The van der Waals surface area contributed by atoms with Crippen molar-refractivity contribution in [2.45, 2.75) is 11.8 Å². The van der Waals surface area contributed by atoms with Crippen LogP contribution in [0, 0.1) is 6.92 Å². The third-order valence-electron chi connectivity index (χ3n) is 3.33. The zero-order valence-electron chi connectivity index (χ0n) is 13.6. The highest BCUT2D eigenvalue weighted by Gasteiger charge is 2.14. The summed E-state index contributed by atoms with van der Waals surface area (Å²) in [7, 11) is 1.64. The van der Waals surface area contributed by atoms with Crippen molar-refractivity contribution in [2.75, 3.05) is 24.7 Å². The van der Waals surface area contributed by atoms with Crippen molar-refractivity contribution in [1.82, 2.24) is 4.90 Å². The van der Waals surface area contributed by atoms with E-state index < -0.39 is 0 Å². The van der Waals surface area contributed by atoms with Gasteiger partial charge in [-0.3, -0.25) is 9.59 Å². The van der Waals surface area contributed by atoms with Gasteiger partial charge in [0.25, 0.3) is 0 Å². The Bertz CT molecular complexity index is 719. The molecule has 2 amide bonds. The van der Waals surface area contributed by atoms with Crippen LogP contribution in [-0.2, 0) is 9.59 Å². The lowest BCUT2D eigenvalue weighted by atomic mass is 10.2. The smallest absolute Gasteiger partial charge is 0.243 e. The highest BCUT2D eigenvalue weighted by molar-refractivity contribution is 9.10. The molecule has 0 saturated heterocycles. The Morgan fingerprint density at radius 1 is 1.12 bits per heavy atom. The third-order valence-corrected chi connectivity index (χ3v) is 5.34. The number of rotatable bonds is 6. The highest BCUT2D eigenvalue weighted by atomic mass is 79.9. The monoisotopic (exact) mass is 406 g/mol. The van der Waals surface area contributed by atoms with Gasteiger partial charge in [-0.25, -0.2) is 0 Å². The first-order chi connectivity index (χ1) is 11.5. The molecule has 0 fully saturated rings. The standard InChI is InChI=1S/C18H19BrN2O2S/c1-13-7-9-14(10-8-13)20-17(22)11-21(2)18(23)12-24-16-6-4-3-5-15(16)19/h3-10H,11-12H2,1-2H3,(H,20,22). The van der Waals surface area contributed by atoms with E-state index >= 15 is 0 Å². The lowest BCUT2D eigenvalue weighted by Gasteiger charge is -2.17. The molecule has 0 radical (unpaired) electrons. The zero-order chi connectivity index (χ0) is 17.5. The number of thioether (sulfide) groups is 1. The average Bonchev–Trinajstić information content (AvgIpc) is 2.56. The molecule has 1 N–H and O–H groups in total. The summed E-state index contributed by atoms with van der Waals surface area (Å²) in [6, 6.07) is 15.3. The minimum Gasteiger partial charge on any atom is -0.336 e. The van der Waals surface area contributed by atoms with Crippen LogP contribution in [-0.4, -0.2) is 36.1 Å². The second-order valence-corrected chi connectivity index (χ2v) is 7.25. The summed E-state index contributed by atoms with van der Waals surface area (Å²) in [5.41, 5.74) is 1.86. The van der Waals surface area contributed by atoms with Gasteiger partial charge in [0.05, 0.1) is 12.3 Å². The number of nitrogens with one attached hydrogen (secondary N) is 1. The summed E-state index contributed by atoms with van der Waals surface area (Å²) in [6.07, 6.45) is 0. The van der Waals surface area contributed by atoms with Crippen LogP contribution in [0.2, 0.25) is 0 Å². The fourth-order valence-corrected chi connectivity index (χ4v) is 3.46. The molecule has 0 atom stereocenters. The number of aryl methyl sites for hydroxylation is 1. The van der Waals surface area contributed by atoms with Gasteiger partial charge < -0.3 is 10.2 Å². The highest BCUT2D eigenvalue weighted by Crippen LogP contribution is 2.26.